The molecule has 31 heavy (non-hydrogen) atoms. The number of carbonyl (C=O) groups is 2. The molecule has 1 N–H and O–H groups in total. The van der Waals surface area contributed by atoms with Crippen LogP contribution in [0, 0.1) is 0 Å². The van der Waals surface area contributed by atoms with Gasteiger partial charge in [-0.15, -0.1) is 0 Å². The normalized spacial score (nSPS) is 20.1. The minimum absolute atomic E-state index is 0.00508. The average molecular weight is 441 g/mol. The first-order valence-electron chi connectivity index (χ1n) is 11.0. The highest BCUT2D eigenvalue weighted by Gasteiger charge is 2.31. The van der Waals surface area contributed by atoms with Crippen molar-refractivity contribution in [2.75, 3.05) is 52.4 Å². The third-order valence-electron chi connectivity index (χ3n) is 6.15. The molecule has 2 amide bonds. The molecule has 3 rings (SSSR count). The molecule has 6 nitrogen and oxygen atoms in total. The lowest BCUT2D eigenvalue weighted by Crippen LogP contribution is -2.48. The molecular formula is C22H31F3N4O2. The Morgan fingerprint density at radius 2 is 1.81 bits per heavy atom. The highest BCUT2D eigenvalue weighted by molar-refractivity contribution is 5.94. The molecule has 2 aliphatic rings. The number of rotatable bonds is 7. The number of hydrogen-bond acceptors (Lipinski definition) is 4. The van der Waals surface area contributed by atoms with Gasteiger partial charge in [-0.2, -0.15) is 13.2 Å². The van der Waals surface area contributed by atoms with Gasteiger partial charge in [-0.25, -0.2) is 0 Å². The van der Waals surface area contributed by atoms with Crippen LogP contribution in [0.5, 0.6) is 0 Å². The zero-order valence-electron chi connectivity index (χ0n) is 18.0. The SMILES string of the molecule is CCN1CCC[C@@H]1CN(CCC(=O)N1CCNCC1)C(=O)c1ccc(C(F)(F)F)cc1. The van der Waals surface area contributed by atoms with Crippen molar-refractivity contribution in [2.24, 2.45) is 0 Å². The van der Waals surface area contributed by atoms with E-state index in [2.05, 4.69) is 17.1 Å². The van der Waals surface area contributed by atoms with Crippen molar-refractivity contribution in [2.45, 2.75) is 38.4 Å². The van der Waals surface area contributed by atoms with Gasteiger partial charge in [0.2, 0.25) is 5.91 Å². The third-order valence-corrected chi connectivity index (χ3v) is 6.15. The van der Waals surface area contributed by atoms with Crippen LogP contribution in [0.4, 0.5) is 13.2 Å². The minimum atomic E-state index is -4.44. The molecule has 0 spiro atoms. The molecule has 1 aromatic carbocycles. The number of carbonyl (C=O) groups excluding carboxylic acids is 2. The van der Waals surface area contributed by atoms with Gasteiger partial charge in [-0.3, -0.25) is 14.5 Å². The summed E-state index contributed by atoms with van der Waals surface area (Å²) in [7, 11) is 0. The predicted molar refractivity (Wildman–Crippen MR) is 112 cm³/mol. The first-order valence-corrected chi connectivity index (χ1v) is 11.0. The number of alkyl halides is 3. The first kappa shape index (κ1) is 23.5. The van der Waals surface area contributed by atoms with Crippen LogP contribution < -0.4 is 5.32 Å². The summed E-state index contributed by atoms with van der Waals surface area (Å²) in [5, 5.41) is 3.20. The lowest BCUT2D eigenvalue weighted by Gasteiger charge is -2.32. The fourth-order valence-corrected chi connectivity index (χ4v) is 4.34. The lowest BCUT2D eigenvalue weighted by molar-refractivity contribution is -0.137. The number of amides is 2. The third kappa shape index (κ3) is 6.20. The Kier molecular flexibility index (Phi) is 7.94. The molecule has 1 atom stereocenters. The minimum Gasteiger partial charge on any atom is -0.340 e. The number of nitrogens with zero attached hydrogens (tertiary/aromatic N) is 3. The summed E-state index contributed by atoms with van der Waals surface area (Å²) in [5.41, 5.74) is -0.568. The molecule has 9 heteroatoms. The van der Waals surface area contributed by atoms with Gasteiger partial charge in [0, 0.05) is 57.3 Å². The zero-order chi connectivity index (χ0) is 22.4. The van der Waals surface area contributed by atoms with Gasteiger partial charge in [0.1, 0.15) is 0 Å². The van der Waals surface area contributed by atoms with Crippen molar-refractivity contribution in [1.29, 1.82) is 0 Å². The fraction of sp³-hybridized carbons (Fsp3) is 0.636. The van der Waals surface area contributed by atoms with Crippen molar-refractivity contribution >= 4 is 11.8 Å². The number of hydrogen-bond donors (Lipinski definition) is 1. The molecule has 0 bridgehead atoms. The van der Waals surface area contributed by atoms with Crippen LogP contribution in [0.2, 0.25) is 0 Å². The summed E-state index contributed by atoms with van der Waals surface area (Å²) in [6, 6.07) is 4.53. The first-order chi connectivity index (χ1) is 14.8. The molecule has 2 fully saturated rings. The van der Waals surface area contributed by atoms with Gasteiger partial charge in [0.05, 0.1) is 5.56 Å². The summed E-state index contributed by atoms with van der Waals surface area (Å²) in [4.78, 5) is 31.5. The number of piperazine rings is 1. The van der Waals surface area contributed by atoms with E-state index in [1.54, 1.807) is 9.80 Å². The van der Waals surface area contributed by atoms with E-state index in [-0.39, 0.29) is 36.4 Å². The maximum absolute atomic E-state index is 13.2. The van der Waals surface area contributed by atoms with Gasteiger partial charge in [-0.1, -0.05) is 6.92 Å². The van der Waals surface area contributed by atoms with E-state index in [1.807, 2.05) is 0 Å². The van der Waals surface area contributed by atoms with Crippen LogP contribution in [0.25, 0.3) is 0 Å². The predicted octanol–water partition coefficient (Wildman–Crippen LogP) is 2.45. The largest absolute Gasteiger partial charge is 0.416 e. The van der Waals surface area contributed by atoms with Gasteiger partial charge in [0.25, 0.3) is 5.91 Å². The summed E-state index contributed by atoms with van der Waals surface area (Å²) in [5.74, 6) is -0.324. The number of halogens is 3. The standard InChI is InChI=1S/C22H31F3N4O2/c1-2-27-12-3-4-19(27)16-29(13-9-20(30)28-14-10-26-11-15-28)21(31)17-5-7-18(8-6-17)22(23,24)25/h5-8,19,26H,2-4,9-16H2,1H3/t19-/m1/s1. The molecule has 1 aromatic rings. The molecule has 172 valence electrons. The number of likely N-dealkylation sites (tertiary alicyclic amines) is 1. The maximum Gasteiger partial charge on any atom is 0.416 e. The van der Waals surface area contributed by atoms with E-state index >= 15 is 0 Å². The van der Waals surface area contributed by atoms with E-state index < -0.39 is 11.7 Å². The van der Waals surface area contributed by atoms with Gasteiger partial charge >= 0.3 is 6.18 Å². The summed E-state index contributed by atoms with van der Waals surface area (Å²) >= 11 is 0. The van der Waals surface area contributed by atoms with Crippen LogP contribution in [-0.4, -0.2) is 84.9 Å². The highest BCUT2D eigenvalue weighted by atomic mass is 19.4. The quantitative estimate of drug-likeness (QED) is 0.708. The summed E-state index contributed by atoms with van der Waals surface area (Å²) in [6.45, 7) is 7.49. The Bertz CT molecular complexity index is 748. The Balaban J connectivity index is 1.71. The van der Waals surface area contributed by atoms with Crippen molar-refractivity contribution in [3.63, 3.8) is 0 Å². The molecule has 2 saturated heterocycles. The van der Waals surface area contributed by atoms with Crippen LogP contribution in [0.3, 0.4) is 0 Å². The second-order valence-corrected chi connectivity index (χ2v) is 8.13. The Morgan fingerprint density at radius 3 is 2.42 bits per heavy atom. The molecule has 2 aliphatic heterocycles. The van der Waals surface area contributed by atoms with Crippen molar-refractivity contribution in [3.8, 4) is 0 Å². The zero-order valence-corrected chi connectivity index (χ0v) is 18.0. The highest BCUT2D eigenvalue weighted by Crippen LogP contribution is 2.29. The molecule has 0 saturated carbocycles. The van der Waals surface area contributed by atoms with E-state index in [9.17, 15) is 22.8 Å². The summed E-state index contributed by atoms with van der Waals surface area (Å²) < 4.78 is 38.6. The smallest absolute Gasteiger partial charge is 0.340 e. The topological polar surface area (TPSA) is 55.9 Å². The second kappa shape index (κ2) is 10.5. The van der Waals surface area contributed by atoms with Gasteiger partial charge in [0.15, 0.2) is 0 Å². The fourth-order valence-electron chi connectivity index (χ4n) is 4.34. The van der Waals surface area contributed by atoms with Gasteiger partial charge < -0.3 is 15.1 Å². The monoisotopic (exact) mass is 440 g/mol. The molecule has 2 heterocycles. The van der Waals surface area contributed by atoms with Crippen LogP contribution in [-0.2, 0) is 11.0 Å². The van der Waals surface area contributed by atoms with Crippen LogP contribution >= 0.6 is 0 Å². The van der Waals surface area contributed by atoms with Crippen LogP contribution in [0.1, 0.15) is 42.1 Å². The van der Waals surface area contributed by atoms with E-state index in [1.165, 1.54) is 12.1 Å². The van der Waals surface area contributed by atoms with Crippen molar-refractivity contribution in [3.05, 3.63) is 35.4 Å². The number of nitrogens with one attached hydrogen (secondary N) is 1. The van der Waals surface area contributed by atoms with E-state index in [0.29, 0.717) is 19.6 Å². The van der Waals surface area contributed by atoms with Crippen LogP contribution in [0.15, 0.2) is 24.3 Å². The summed E-state index contributed by atoms with van der Waals surface area (Å²) in [6.07, 6.45) is -2.20. The number of benzene rings is 1. The van der Waals surface area contributed by atoms with E-state index in [4.69, 9.17) is 0 Å². The Morgan fingerprint density at radius 1 is 1.13 bits per heavy atom. The van der Waals surface area contributed by atoms with Crippen molar-refractivity contribution in [1.82, 2.24) is 20.0 Å². The lowest BCUT2D eigenvalue weighted by atomic mass is 10.1. The Hall–Kier alpha value is -2.13. The van der Waals surface area contributed by atoms with Crippen molar-refractivity contribution < 1.29 is 22.8 Å². The molecular weight excluding hydrogens is 409 g/mol. The maximum atomic E-state index is 13.2. The molecule has 0 radical (unpaired) electrons. The average Bonchev–Trinajstić information content (AvgIpc) is 3.23. The van der Waals surface area contributed by atoms with Gasteiger partial charge in [-0.05, 0) is 50.2 Å². The molecule has 0 aromatic heterocycles. The molecule has 0 unspecified atom stereocenters. The Labute approximate surface area is 181 Å². The molecule has 0 aliphatic carbocycles. The van der Waals surface area contributed by atoms with E-state index in [0.717, 1.165) is 51.2 Å². The number of likely N-dealkylation sites (N-methyl/N-ethyl adjacent to an activating group) is 1. The second-order valence-electron chi connectivity index (χ2n) is 8.13.